The van der Waals surface area contributed by atoms with E-state index in [1.54, 1.807) is 0 Å². The van der Waals surface area contributed by atoms with Crippen LogP contribution in [-0.4, -0.2) is 26.1 Å². The van der Waals surface area contributed by atoms with Gasteiger partial charge in [0.1, 0.15) is 0 Å². The fraction of sp³-hybridized carbons (Fsp3) is 0.417. The SMILES string of the molecule is O=C(CCS(=O)(=O)c1ccc(Cl)cc1)NC1CC1. The summed E-state index contributed by atoms with van der Waals surface area (Å²) in [5, 5.41) is 3.25. The second-order valence-corrected chi connectivity index (χ2v) is 6.91. The monoisotopic (exact) mass is 287 g/mol. The highest BCUT2D eigenvalue weighted by molar-refractivity contribution is 7.91. The first-order chi connectivity index (χ1) is 8.47. The number of carbonyl (C=O) groups is 1. The lowest BCUT2D eigenvalue weighted by molar-refractivity contribution is -0.120. The summed E-state index contributed by atoms with van der Waals surface area (Å²) >= 11 is 5.69. The van der Waals surface area contributed by atoms with Crippen molar-refractivity contribution in [3.63, 3.8) is 0 Å². The highest BCUT2D eigenvalue weighted by Crippen LogP contribution is 2.19. The third-order valence-corrected chi connectivity index (χ3v) is 4.70. The van der Waals surface area contributed by atoms with Gasteiger partial charge in [0.15, 0.2) is 9.84 Å². The van der Waals surface area contributed by atoms with Crippen molar-refractivity contribution in [3.05, 3.63) is 29.3 Å². The molecule has 18 heavy (non-hydrogen) atoms. The fourth-order valence-corrected chi connectivity index (χ4v) is 2.88. The van der Waals surface area contributed by atoms with Crippen LogP contribution in [0.5, 0.6) is 0 Å². The van der Waals surface area contributed by atoms with Crippen molar-refractivity contribution in [2.24, 2.45) is 0 Å². The molecule has 6 heteroatoms. The van der Waals surface area contributed by atoms with Gasteiger partial charge in [0.25, 0.3) is 0 Å². The number of hydrogen-bond acceptors (Lipinski definition) is 3. The molecule has 0 heterocycles. The first-order valence-corrected chi connectivity index (χ1v) is 7.78. The minimum absolute atomic E-state index is 0.00145. The topological polar surface area (TPSA) is 63.2 Å². The van der Waals surface area contributed by atoms with E-state index in [-0.39, 0.29) is 29.0 Å². The Hall–Kier alpha value is -1.07. The molecule has 1 fully saturated rings. The van der Waals surface area contributed by atoms with Crippen LogP contribution in [0, 0.1) is 0 Å². The molecule has 0 bridgehead atoms. The molecule has 1 amide bonds. The van der Waals surface area contributed by atoms with Crippen LogP contribution in [0.3, 0.4) is 0 Å². The van der Waals surface area contributed by atoms with Crippen molar-refractivity contribution < 1.29 is 13.2 Å². The van der Waals surface area contributed by atoms with Gasteiger partial charge in [0, 0.05) is 17.5 Å². The molecule has 98 valence electrons. The molecule has 0 atom stereocenters. The van der Waals surface area contributed by atoms with Gasteiger partial charge in [-0.3, -0.25) is 4.79 Å². The number of halogens is 1. The number of sulfone groups is 1. The van der Waals surface area contributed by atoms with Crippen LogP contribution >= 0.6 is 11.6 Å². The molecule has 2 rings (SSSR count). The minimum atomic E-state index is -3.41. The maximum Gasteiger partial charge on any atom is 0.221 e. The van der Waals surface area contributed by atoms with Crippen LogP contribution in [0.25, 0.3) is 0 Å². The largest absolute Gasteiger partial charge is 0.353 e. The molecule has 0 aliphatic heterocycles. The Morgan fingerprint density at radius 2 is 1.89 bits per heavy atom. The molecule has 1 aromatic carbocycles. The summed E-state index contributed by atoms with van der Waals surface area (Å²) in [6, 6.07) is 6.22. The molecule has 1 aliphatic rings. The fourth-order valence-electron chi connectivity index (χ4n) is 1.51. The standard InChI is InChI=1S/C12H14ClNO3S/c13-9-1-5-11(6-2-9)18(16,17)8-7-12(15)14-10-3-4-10/h1-2,5-6,10H,3-4,7-8H2,(H,14,15). The normalized spacial score (nSPS) is 15.4. The Morgan fingerprint density at radius 1 is 1.28 bits per heavy atom. The summed E-state index contributed by atoms with van der Waals surface area (Å²) in [6.45, 7) is 0. The lowest BCUT2D eigenvalue weighted by Crippen LogP contribution is -2.27. The first kappa shape index (κ1) is 13.4. The lowest BCUT2D eigenvalue weighted by Gasteiger charge is -2.05. The average Bonchev–Trinajstić information content (AvgIpc) is 3.11. The molecule has 0 radical (unpaired) electrons. The van der Waals surface area contributed by atoms with Crippen LogP contribution in [0.15, 0.2) is 29.2 Å². The van der Waals surface area contributed by atoms with Crippen LogP contribution in [0.1, 0.15) is 19.3 Å². The van der Waals surface area contributed by atoms with Crippen LogP contribution in [-0.2, 0) is 14.6 Å². The quantitative estimate of drug-likeness (QED) is 0.898. The second kappa shape index (κ2) is 5.28. The summed E-state index contributed by atoms with van der Waals surface area (Å²) < 4.78 is 23.9. The zero-order valence-electron chi connectivity index (χ0n) is 9.73. The van der Waals surface area contributed by atoms with Gasteiger partial charge in [-0.2, -0.15) is 0 Å². The zero-order valence-corrected chi connectivity index (χ0v) is 11.3. The van der Waals surface area contributed by atoms with E-state index in [2.05, 4.69) is 5.32 Å². The molecule has 0 unspecified atom stereocenters. The molecule has 1 aromatic rings. The van der Waals surface area contributed by atoms with E-state index < -0.39 is 9.84 Å². The van der Waals surface area contributed by atoms with Crippen molar-refractivity contribution in [1.82, 2.24) is 5.32 Å². The molecular formula is C12H14ClNO3S. The van der Waals surface area contributed by atoms with E-state index >= 15 is 0 Å². The van der Waals surface area contributed by atoms with E-state index in [9.17, 15) is 13.2 Å². The van der Waals surface area contributed by atoms with Crippen LogP contribution < -0.4 is 5.32 Å². The zero-order chi connectivity index (χ0) is 13.2. The molecule has 1 N–H and O–H groups in total. The summed E-state index contributed by atoms with van der Waals surface area (Å²) in [7, 11) is -3.41. The van der Waals surface area contributed by atoms with Gasteiger partial charge >= 0.3 is 0 Å². The second-order valence-electron chi connectivity index (χ2n) is 4.36. The smallest absolute Gasteiger partial charge is 0.221 e. The summed E-state index contributed by atoms with van der Waals surface area (Å²) in [6.07, 6.45) is 1.99. The molecule has 4 nitrogen and oxygen atoms in total. The molecule has 1 aliphatic carbocycles. The van der Waals surface area contributed by atoms with Crippen molar-refractivity contribution in [3.8, 4) is 0 Å². The number of hydrogen-bond donors (Lipinski definition) is 1. The van der Waals surface area contributed by atoms with Crippen molar-refractivity contribution >= 4 is 27.3 Å². The predicted molar refractivity (Wildman–Crippen MR) is 69.3 cm³/mol. The van der Waals surface area contributed by atoms with Gasteiger partial charge in [-0.25, -0.2) is 8.42 Å². The average molecular weight is 288 g/mol. The van der Waals surface area contributed by atoms with E-state index in [4.69, 9.17) is 11.6 Å². The third kappa shape index (κ3) is 3.71. The van der Waals surface area contributed by atoms with E-state index in [1.165, 1.54) is 24.3 Å². The van der Waals surface area contributed by atoms with Gasteiger partial charge in [0.2, 0.25) is 5.91 Å². The maximum absolute atomic E-state index is 11.9. The van der Waals surface area contributed by atoms with Gasteiger partial charge in [0.05, 0.1) is 10.6 Å². The number of amides is 1. The Bertz CT molecular complexity index is 535. The first-order valence-electron chi connectivity index (χ1n) is 5.75. The van der Waals surface area contributed by atoms with Crippen LogP contribution in [0.2, 0.25) is 5.02 Å². The predicted octanol–water partition coefficient (Wildman–Crippen LogP) is 1.78. The summed E-state index contributed by atoms with van der Waals surface area (Å²) in [4.78, 5) is 11.6. The Morgan fingerprint density at radius 3 is 2.44 bits per heavy atom. The number of rotatable bonds is 5. The number of nitrogens with one attached hydrogen (secondary N) is 1. The Labute approximate surface area is 111 Å². The Balaban J connectivity index is 1.94. The van der Waals surface area contributed by atoms with E-state index in [0.717, 1.165) is 12.8 Å². The highest BCUT2D eigenvalue weighted by Gasteiger charge is 2.24. The van der Waals surface area contributed by atoms with Crippen molar-refractivity contribution in [2.45, 2.75) is 30.2 Å². The number of carbonyl (C=O) groups excluding carboxylic acids is 1. The molecule has 0 saturated heterocycles. The summed E-state index contributed by atoms with van der Waals surface area (Å²) in [5.41, 5.74) is 0. The van der Waals surface area contributed by atoms with Gasteiger partial charge in [-0.05, 0) is 37.1 Å². The highest BCUT2D eigenvalue weighted by atomic mass is 35.5. The molecule has 0 spiro atoms. The van der Waals surface area contributed by atoms with Crippen LogP contribution in [0.4, 0.5) is 0 Å². The van der Waals surface area contributed by atoms with E-state index in [0.29, 0.717) is 5.02 Å². The Kier molecular flexibility index (Phi) is 3.92. The van der Waals surface area contributed by atoms with Gasteiger partial charge in [-0.1, -0.05) is 11.6 Å². The van der Waals surface area contributed by atoms with Gasteiger partial charge < -0.3 is 5.32 Å². The molecule has 1 saturated carbocycles. The number of benzene rings is 1. The molecular weight excluding hydrogens is 274 g/mol. The van der Waals surface area contributed by atoms with Crippen molar-refractivity contribution in [1.29, 1.82) is 0 Å². The molecule has 0 aromatic heterocycles. The summed E-state index contributed by atoms with van der Waals surface area (Å²) in [5.74, 6) is -0.372. The maximum atomic E-state index is 11.9. The van der Waals surface area contributed by atoms with E-state index in [1.807, 2.05) is 0 Å². The van der Waals surface area contributed by atoms with Gasteiger partial charge in [-0.15, -0.1) is 0 Å². The van der Waals surface area contributed by atoms with Crippen molar-refractivity contribution in [2.75, 3.05) is 5.75 Å². The lowest BCUT2D eigenvalue weighted by atomic mass is 10.4. The third-order valence-electron chi connectivity index (χ3n) is 2.71. The minimum Gasteiger partial charge on any atom is -0.353 e.